The Morgan fingerprint density at radius 1 is 1.38 bits per heavy atom. The maximum atomic E-state index is 10.6. The topological polar surface area (TPSA) is 59.4 Å². The van der Waals surface area contributed by atoms with Gasteiger partial charge in [-0.2, -0.15) is 0 Å². The highest BCUT2D eigenvalue weighted by Gasteiger charge is 2.02. The summed E-state index contributed by atoms with van der Waals surface area (Å²) in [6, 6.07) is 6.29. The first-order chi connectivity index (χ1) is 7.75. The first-order valence-corrected chi connectivity index (χ1v) is 5.53. The number of rotatable bonds is 4. The molecule has 2 rings (SSSR count). The van der Waals surface area contributed by atoms with E-state index in [1.165, 1.54) is 23.5 Å². The van der Waals surface area contributed by atoms with Gasteiger partial charge in [0.05, 0.1) is 16.8 Å². The third kappa shape index (κ3) is 2.58. The molecule has 5 heteroatoms. The summed E-state index contributed by atoms with van der Waals surface area (Å²) in [4.78, 5) is 14.7. The molecule has 0 spiro atoms. The summed E-state index contributed by atoms with van der Waals surface area (Å²) in [7, 11) is 0. The highest BCUT2D eigenvalue weighted by Crippen LogP contribution is 2.14. The van der Waals surface area contributed by atoms with Crippen LogP contribution in [0, 0.1) is 0 Å². The average molecular weight is 235 g/mol. The number of benzene rings is 1. The Kier molecular flexibility index (Phi) is 3.16. The minimum absolute atomic E-state index is 0.251. The van der Waals surface area contributed by atoms with Crippen LogP contribution >= 0.6 is 11.3 Å². The molecule has 0 radical (unpaired) electrons. The third-order valence-electron chi connectivity index (χ3n) is 1.97. The summed E-state index contributed by atoms with van der Waals surface area (Å²) in [5.41, 5.74) is 2.86. The van der Waals surface area contributed by atoms with Crippen molar-refractivity contribution in [2.45, 2.75) is 6.61 Å². The van der Waals surface area contributed by atoms with E-state index in [1.54, 1.807) is 17.6 Å². The fourth-order valence-electron chi connectivity index (χ4n) is 1.16. The Morgan fingerprint density at radius 2 is 2.12 bits per heavy atom. The fraction of sp³-hybridized carbons (Fsp3) is 0.0909. The minimum Gasteiger partial charge on any atom is -0.487 e. The van der Waals surface area contributed by atoms with E-state index in [1.807, 2.05) is 5.38 Å². The smallest absolute Gasteiger partial charge is 0.335 e. The number of ether oxygens (including phenoxy) is 1. The molecule has 0 aliphatic heterocycles. The molecule has 0 bridgehead atoms. The number of hydrogen-bond acceptors (Lipinski definition) is 4. The Hall–Kier alpha value is -1.88. The second-order valence-corrected chi connectivity index (χ2v) is 3.82. The lowest BCUT2D eigenvalue weighted by Gasteiger charge is -2.03. The van der Waals surface area contributed by atoms with Crippen LogP contribution in [0.1, 0.15) is 16.1 Å². The van der Waals surface area contributed by atoms with Crippen molar-refractivity contribution in [1.29, 1.82) is 0 Å². The molecule has 1 heterocycles. The van der Waals surface area contributed by atoms with Crippen LogP contribution in [0.2, 0.25) is 0 Å². The van der Waals surface area contributed by atoms with Gasteiger partial charge in [-0.3, -0.25) is 0 Å². The quantitative estimate of drug-likeness (QED) is 0.884. The number of hydrogen-bond donors (Lipinski definition) is 1. The van der Waals surface area contributed by atoms with E-state index in [-0.39, 0.29) is 5.56 Å². The van der Waals surface area contributed by atoms with Gasteiger partial charge in [0.1, 0.15) is 12.4 Å². The molecule has 0 saturated carbocycles. The molecule has 4 nitrogen and oxygen atoms in total. The summed E-state index contributed by atoms with van der Waals surface area (Å²) < 4.78 is 5.44. The van der Waals surface area contributed by atoms with Gasteiger partial charge in [-0.15, -0.1) is 11.3 Å². The molecule has 0 amide bonds. The molecule has 1 aromatic heterocycles. The van der Waals surface area contributed by atoms with Gasteiger partial charge >= 0.3 is 5.97 Å². The van der Waals surface area contributed by atoms with Crippen molar-refractivity contribution in [2.75, 3.05) is 0 Å². The Balaban J connectivity index is 1.98. The minimum atomic E-state index is -0.939. The summed E-state index contributed by atoms with van der Waals surface area (Å²) >= 11 is 1.51. The molecule has 0 unspecified atom stereocenters. The zero-order chi connectivity index (χ0) is 11.4. The lowest BCUT2D eigenvalue weighted by Crippen LogP contribution is -1.98. The summed E-state index contributed by atoms with van der Waals surface area (Å²) in [6.07, 6.45) is 0. The highest BCUT2D eigenvalue weighted by molar-refractivity contribution is 7.07. The first-order valence-electron chi connectivity index (χ1n) is 4.59. The van der Waals surface area contributed by atoms with E-state index >= 15 is 0 Å². The predicted molar refractivity (Wildman–Crippen MR) is 59.8 cm³/mol. The molecule has 16 heavy (non-hydrogen) atoms. The number of carboxylic acid groups (broad SMARTS) is 1. The number of aromatic carboxylic acids is 1. The SMILES string of the molecule is O=C(O)c1ccc(OCc2cscn2)cc1. The Morgan fingerprint density at radius 3 is 2.69 bits per heavy atom. The molecule has 0 saturated heterocycles. The van der Waals surface area contributed by atoms with Gasteiger partial charge in [0.15, 0.2) is 0 Å². The fourth-order valence-corrected chi connectivity index (χ4v) is 1.70. The van der Waals surface area contributed by atoms with Crippen molar-refractivity contribution in [1.82, 2.24) is 4.98 Å². The number of carboxylic acids is 1. The molecule has 2 aromatic rings. The number of thiazole rings is 1. The average Bonchev–Trinajstić information content (AvgIpc) is 2.80. The van der Waals surface area contributed by atoms with Crippen LogP contribution < -0.4 is 4.74 Å². The standard InChI is InChI=1S/C11H9NO3S/c13-11(14)8-1-3-10(4-2-8)15-5-9-6-16-7-12-9/h1-4,6-7H,5H2,(H,13,14). The lowest BCUT2D eigenvalue weighted by atomic mass is 10.2. The molecule has 1 N–H and O–H groups in total. The van der Waals surface area contributed by atoms with E-state index in [4.69, 9.17) is 9.84 Å². The van der Waals surface area contributed by atoms with Gasteiger partial charge in [0.2, 0.25) is 0 Å². The van der Waals surface area contributed by atoms with Crippen LogP contribution in [0.3, 0.4) is 0 Å². The van der Waals surface area contributed by atoms with Crippen LogP contribution in [-0.4, -0.2) is 16.1 Å². The molecular weight excluding hydrogens is 226 g/mol. The lowest BCUT2D eigenvalue weighted by molar-refractivity contribution is 0.0697. The Labute approximate surface area is 96.1 Å². The monoisotopic (exact) mass is 235 g/mol. The number of aromatic nitrogens is 1. The molecule has 0 aliphatic carbocycles. The summed E-state index contributed by atoms with van der Waals surface area (Å²) in [5.74, 6) is -0.302. The highest BCUT2D eigenvalue weighted by atomic mass is 32.1. The molecule has 0 aliphatic rings. The Bertz CT molecular complexity index is 464. The third-order valence-corrected chi connectivity index (χ3v) is 2.61. The summed E-state index contributed by atoms with van der Waals surface area (Å²) in [5, 5.41) is 10.6. The van der Waals surface area contributed by atoms with Gasteiger partial charge in [0, 0.05) is 5.38 Å². The number of carbonyl (C=O) groups is 1. The maximum absolute atomic E-state index is 10.6. The second kappa shape index (κ2) is 4.76. The van der Waals surface area contributed by atoms with Crippen molar-refractivity contribution in [3.8, 4) is 5.75 Å². The summed E-state index contributed by atoms with van der Waals surface area (Å²) in [6.45, 7) is 0.399. The van der Waals surface area contributed by atoms with Gasteiger partial charge in [-0.1, -0.05) is 0 Å². The molecule has 0 atom stereocenters. The maximum Gasteiger partial charge on any atom is 0.335 e. The van der Waals surface area contributed by atoms with E-state index < -0.39 is 5.97 Å². The van der Waals surface area contributed by atoms with Crippen LogP contribution in [0.5, 0.6) is 5.75 Å². The van der Waals surface area contributed by atoms with E-state index in [2.05, 4.69) is 4.98 Å². The van der Waals surface area contributed by atoms with Crippen LogP contribution in [0.4, 0.5) is 0 Å². The van der Waals surface area contributed by atoms with Crippen LogP contribution in [0.25, 0.3) is 0 Å². The molecule has 1 aromatic carbocycles. The molecule has 82 valence electrons. The molecular formula is C11H9NO3S. The molecule has 0 fully saturated rings. The first kappa shape index (κ1) is 10.6. The number of nitrogens with zero attached hydrogens (tertiary/aromatic N) is 1. The second-order valence-electron chi connectivity index (χ2n) is 3.10. The van der Waals surface area contributed by atoms with Gasteiger partial charge in [-0.25, -0.2) is 9.78 Å². The van der Waals surface area contributed by atoms with Crippen molar-refractivity contribution in [2.24, 2.45) is 0 Å². The van der Waals surface area contributed by atoms with E-state index in [9.17, 15) is 4.79 Å². The van der Waals surface area contributed by atoms with E-state index in [0.717, 1.165) is 5.69 Å². The zero-order valence-corrected chi connectivity index (χ0v) is 9.11. The van der Waals surface area contributed by atoms with Gasteiger partial charge in [0.25, 0.3) is 0 Å². The largest absolute Gasteiger partial charge is 0.487 e. The van der Waals surface area contributed by atoms with Crippen molar-refractivity contribution < 1.29 is 14.6 Å². The normalized spacial score (nSPS) is 10.0. The zero-order valence-electron chi connectivity index (χ0n) is 8.29. The van der Waals surface area contributed by atoms with Gasteiger partial charge in [-0.05, 0) is 24.3 Å². The van der Waals surface area contributed by atoms with Crippen LogP contribution in [0.15, 0.2) is 35.2 Å². The van der Waals surface area contributed by atoms with Crippen LogP contribution in [-0.2, 0) is 6.61 Å². The van der Waals surface area contributed by atoms with E-state index in [0.29, 0.717) is 12.4 Å². The van der Waals surface area contributed by atoms with Crippen molar-refractivity contribution in [3.63, 3.8) is 0 Å². The van der Waals surface area contributed by atoms with Crippen molar-refractivity contribution in [3.05, 3.63) is 46.4 Å². The van der Waals surface area contributed by atoms with Crippen molar-refractivity contribution >= 4 is 17.3 Å². The predicted octanol–water partition coefficient (Wildman–Crippen LogP) is 2.42. The van der Waals surface area contributed by atoms with Gasteiger partial charge < -0.3 is 9.84 Å².